The molecule has 0 aromatic heterocycles. The highest BCUT2D eigenvalue weighted by Crippen LogP contribution is 2.61. The van der Waals surface area contributed by atoms with Crippen LogP contribution < -0.4 is 9.47 Å². The van der Waals surface area contributed by atoms with Crippen LogP contribution in [0.1, 0.15) is 12.0 Å². The molecule has 5 rings (SSSR count). The van der Waals surface area contributed by atoms with Gasteiger partial charge >= 0.3 is 5.97 Å². The maximum atomic E-state index is 13.1. The smallest absolute Gasteiger partial charge is 0.354 e. The van der Waals surface area contributed by atoms with E-state index in [0.717, 1.165) is 5.56 Å². The van der Waals surface area contributed by atoms with Gasteiger partial charge in [-0.3, -0.25) is 14.5 Å². The number of benzene rings is 1. The number of ether oxygens (including phenoxy) is 2. The van der Waals surface area contributed by atoms with E-state index in [1.165, 1.54) is 4.90 Å². The van der Waals surface area contributed by atoms with Crippen molar-refractivity contribution in [3.05, 3.63) is 23.8 Å². The van der Waals surface area contributed by atoms with Gasteiger partial charge in [-0.15, -0.1) is 0 Å². The van der Waals surface area contributed by atoms with E-state index in [-0.39, 0.29) is 35.9 Å². The Balaban J connectivity index is 1.33. The van der Waals surface area contributed by atoms with E-state index in [2.05, 4.69) is 5.16 Å². The molecule has 2 amide bonds. The zero-order chi connectivity index (χ0) is 21.2. The molecule has 0 unspecified atom stereocenters. The number of aliphatic carboxylic acids is 1. The van der Waals surface area contributed by atoms with E-state index in [0.29, 0.717) is 24.3 Å². The molecule has 6 atom stereocenters. The average Bonchev–Trinajstić information content (AvgIpc) is 3.47. The van der Waals surface area contributed by atoms with Crippen molar-refractivity contribution in [2.75, 3.05) is 20.8 Å². The molecule has 1 saturated heterocycles. The molecule has 4 aliphatic rings. The van der Waals surface area contributed by atoms with Gasteiger partial charge in [0.05, 0.1) is 32.0 Å². The summed E-state index contributed by atoms with van der Waals surface area (Å²) in [6, 6.07) is 5.51. The van der Waals surface area contributed by atoms with Crippen molar-refractivity contribution in [1.29, 1.82) is 0 Å². The molecule has 9 nitrogen and oxygen atoms in total. The van der Waals surface area contributed by atoms with Crippen molar-refractivity contribution in [3.8, 4) is 11.5 Å². The molecule has 2 heterocycles. The van der Waals surface area contributed by atoms with Crippen molar-refractivity contribution < 1.29 is 33.8 Å². The number of hydrogen-bond donors (Lipinski definition) is 1. The summed E-state index contributed by atoms with van der Waals surface area (Å²) in [6.07, 6.45) is 0.723. The van der Waals surface area contributed by atoms with Gasteiger partial charge in [0, 0.05) is 12.5 Å². The number of rotatable bonds is 6. The maximum Gasteiger partial charge on any atom is 0.354 e. The van der Waals surface area contributed by atoms with Gasteiger partial charge in [0.1, 0.15) is 6.10 Å². The topological polar surface area (TPSA) is 115 Å². The highest BCUT2D eigenvalue weighted by molar-refractivity contribution is 6.37. The molecular formula is C21H22N2O7. The number of carbonyl (C=O) groups excluding carboxylic acids is 2. The summed E-state index contributed by atoms with van der Waals surface area (Å²) in [5.74, 6) is -1.96. The van der Waals surface area contributed by atoms with Crippen molar-refractivity contribution in [2.45, 2.75) is 18.9 Å². The quantitative estimate of drug-likeness (QED) is 0.689. The first-order valence-corrected chi connectivity index (χ1v) is 9.99. The van der Waals surface area contributed by atoms with Gasteiger partial charge in [-0.05, 0) is 36.5 Å². The van der Waals surface area contributed by atoms with Gasteiger partial charge in [-0.25, -0.2) is 4.79 Å². The molecule has 1 N–H and O–H groups in total. The Morgan fingerprint density at radius 1 is 1.13 bits per heavy atom. The Hall–Kier alpha value is -3.10. The first-order chi connectivity index (χ1) is 14.5. The molecule has 2 aliphatic heterocycles. The molecule has 30 heavy (non-hydrogen) atoms. The molecule has 2 aliphatic carbocycles. The second-order valence-electron chi connectivity index (χ2n) is 8.26. The van der Waals surface area contributed by atoms with E-state index in [1.807, 2.05) is 12.1 Å². The van der Waals surface area contributed by atoms with Crippen molar-refractivity contribution in [2.24, 2.45) is 34.7 Å². The summed E-state index contributed by atoms with van der Waals surface area (Å²) in [6.45, 7) is 0.273. The lowest BCUT2D eigenvalue weighted by Gasteiger charge is -2.29. The molecular weight excluding hydrogens is 392 g/mol. The number of carbonyl (C=O) groups is 3. The highest BCUT2D eigenvalue weighted by Gasteiger charge is 2.70. The third kappa shape index (κ3) is 2.47. The number of hydrogen-bond acceptors (Lipinski definition) is 7. The summed E-state index contributed by atoms with van der Waals surface area (Å²) in [7, 11) is 3.12. The van der Waals surface area contributed by atoms with Crippen LogP contribution >= 0.6 is 0 Å². The summed E-state index contributed by atoms with van der Waals surface area (Å²) < 4.78 is 10.6. The number of carboxylic acids is 1. The van der Waals surface area contributed by atoms with Gasteiger partial charge in [-0.1, -0.05) is 11.2 Å². The molecule has 9 heteroatoms. The van der Waals surface area contributed by atoms with Crippen molar-refractivity contribution in [3.63, 3.8) is 0 Å². The predicted molar refractivity (Wildman–Crippen MR) is 102 cm³/mol. The van der Waals surface area contributed by atoms with Gasteiger partial charge < -0.3 is 19.4 Å². The van der Waals surface area contributed by atoms with Crippen LogP contribution in [-0.4, -0.2) is 60.4 Å². The third-order valence-corrected chi connectivity index (χ3v) is 7.07. The van der Waals surface area contributed by atoms with Crippen LogP contribution in [0.25, 0.3) is 0 Å². The lowest BCUT2D eigenvalue weighted by atomic mass is 9.72. The molecule has 0 spiro atoms. The Morgan fingerprint density at radius 2 is 1.83 bits per heavy atom. The van der Waals surface area contributed by atoms with E-state index in [4.69, 9.17) is 14.3 Å². The summed E-state index contributed by atoms with van der Waals surface area (Å²) in [4.78, 5) is 44.4. The minimum Gasteiger partial charge on any atom is -0.493 e. The van der Waals surface area contributed by atoms with E-state index < -0.39 is 29.8 Å². The van der Waals surface area contributed by atoms with Crippen LogP contribution in [0.4, 0.5) is 0 Å². The fraction of sp³-hybridized carbons (Fsp3) is 0.524. The fourth-order valence-corrected chi connectivity index (χ4v) is 5.86. The largest absolute Gasteiger partial charge is 0.493 e. The Labute approximate surface area is 172 Å². The lowest BCUT2D eigenvalue weighted by molar-refractivity contribution is -0.141. The normalized spacial score (nSPS) is 33.3. The second kappa shape index (κ2) is 6.72. The van der Waals surface area contributed by atoms with Gasteiger partial charge in [-0.2, -0.15) is 0 Å². The van der Waals surface area contributed by atoms with Crippen LogP contribution in [0.5, 0.6) is 11.5 Å². The average molecular weight is 414 g/mol. The van der Waals surface area contributed by atoms with Crippen molar-refractivity contribution >= 4 is 23.5 Å². The summed E-state index contributed by atoms with van der Waals surface area (Å²) in [5.41, 5.74) is 0.906. The third-order valence-electron chi connectivity index (χ3n) is 7.07. The number of nitrogens with zero attached hydrogens (tertiary/aromatic N) is 2. The van der Waals surface area contributed by atoms with Gasteiger partial charge in [0.2, 0.25) is 11.8 Å². The van der Waals surface area contributed by atoms with Gasteiger partial charge in [0.15, 0.2) is 17.2 Å². The van der Waals surface area contributed by atoms with Crippen molar-refractivity contribution in [1.82, 2.24) is 4.90 Å². The number of imide groups is 1. The number of fused-ring (bicyclic) bond motifs is 8. The molecule has 1 aromatic carbocycles. The van der Waals surface area contributed by atoms with Gasteiger partial charge in [0.25, 0.3) is 0 Å². The number of oxime groups is 1. The molecule has 1 aromatic rings. The van der Waals surface area contributed by atoms with E-state index in [9.17, 15) is 19.5 Å². The van der Waals surface area contributed by atoms with Crippen LogP contribution in [0, 0.1) is 29.6 Å². The SMILES string of the molecule is COc1ccc(CCN2C(=O)[C@H]3[C@@H]4C[C@@H]([C@H]5C(C(=O)O)=NO[C@H]45)[C@@H]3C2=O)cc1OC. The van der Waals surface area contributed by atoms with Crippen LogP contribution in [-0.2, 0) is 25.6 Å². The zero-order valence-corrected chi connectivity index (χ0v) is 16.6. The van der Waals surface area contributed by atoms with Crippen LogP contribution in [0.15, 0.2) is 23.4 Å². The highest BCUT2D eigenvalue weighted by atomic mass is 16.6. The number of carboxylic acid groups (broad SMARTS) is 1. The number of likely N-dealkylation sites (tertiary alicyclic amines) is 1. The molecule has 2 saturated carbocycles. The molecule has 3 fully saturated rings. The Morgan fingerprint density at radius 3 is 2.50 bits per heavy atom. The minimum absolute atomic E-state index is 0.0185. The zero-order valence-electron chi connectivity index (χ0n) is 16.6. The first kappa shape index (κ1) is 18.9. The summed E-state index contributed by atoms with van der Waals surface area (Å²) in [5, 5.41) is 13.1. The molecule has 158 valence electrons. The lowest BCUT2D eigenvalue weighted by Crippen LogP contribution is -2.42. The first-order valence-electron chi connectivity index (χ1n) is 9.99. The maximum absolute atomic E-state index is 13.1. The second-order valence-corrected chi connectivity index (χ2v) is 8.26. The fourth-order valence-electron chi connectivity index (χ4n) is 5.86. The predicted octanol–water partition coefficient (Wildman–Crippen LogP) is 0.953. The van der Waals surface area contributed by atoms with Crippen LogP contribution in [0.2, 0.25) is 0 Å². The number of methoxy groups -OCH3 is 2. The molecule has 0 radical (unpaired) electrons. The number of amides is 2. The van der Waals surface area contributed by atoms with E-state index >= 15 is 0 Å². The monoisotopic (exact) mass is 414 g/mol. The minimum atomic E-state index is -1.12. The Kier molecular flexibility index (Phi) is 4.23. The van der Waals surface area contributed by atoms with E-state index in [1.54, 1.807) is 20.3 Å². The Bertz CT molecular complexity index is 974. The standard InChI is InChI=1S/C21H22N2O7/c1-28-12-4-3-9(7-13(12)29-2)5-6-23-19(24)14-10-8-11(15(14)20(23)25)18-16(10)17(21(26)27)22-30-18/h3-4,7,10-11,14-16,18H,5-6,8H2,1-2H3,(H,26,27)/t10-,11+,14+,15+,16+,18-/m1/s1. The molecule has 2 bridgehead atoms. The van der Waals surface area contributed by atoms with Crippen LogP contribution in [0.3, 0.4) is 0 Å². The summed E-state index contributed by atoms with van der Waals surface area (Å²) >= 11 is 0.